The number of carboxylic acid groups (broad SMARTS) is 1. The molecule has 0 amide bonds. The Morgan fingerprint density at radius 3 is 2.77 bits per heavy atom. The number of carbonyl (C=O) groups is 1. The minimum Gasteiger partial charge on any atom is -0.481 e. The average molecular weight is 303 g/mol. The van der Waals surface area contributed by atoms with E-state index in [-0.39, 0.29) is 6.10 Å². The topological polar surface area (TPSA) is 68.1 Å². The third kappa shape index (κ3) is 2.86. The van der Waals surface area contributed by atoms with Crippen LogP contribution >= 0.6 is 0 Å². The van der Waals surface area contributed by atoms with Crippen LogP contribution in [0.15, 0.2) is 29.4 Å². The van der Waals surface area contributed by atoms with E-state index in [2.05, 4.69) is 5.16 Å². The van der Waals surface area contributed by atoms with E-state index in [1.807, 2.05) is 31.2 Å². The summed E-state index contributed by atoms with van der Waals surface area (Å²) in [5.74, 6) is -0.747. The van der Waals surface area contributed by atoms with Gasteiger partial charge in [0.1, 0.15) is 6.10 Å². The van der Waals surface area contributed by atoms with Gasteiger partial charge in [0.25, 0.3) is 0 Å². The van der Waals surface area contributed by atoms with Gasteiger partial charge in [0, 0.05) is 31.6 Å². The van der Waals surface area contributed by atoms with Gasteiger partial charge in [0.05, 0.1) is 11.1 Å². The van der Waals surface area contributed by atoms with E-state index in [1.165, 1.54) is 0 Å². The van der Waals surface area contributed by atoms with E-state index in [0.717, 1.165) is 16.8 Å². The Morgan fingerprint density at radius 2 is 2.09 bits per heavy atom. The molecule has 0 aromatic heterocycles. The van der Waals surface area contributed by atoms with Crippen molar-refractivity contribution in [3.05, 3.63) is 35.4 Å². The zero-order chi connectivity index (χ0) is 15.6. The number of oxime groups is 1. The molecule has 1 saturated heterocycles. The Bertz CT molecular complexity index is 590. The molecule has 0 bridgehead atoms. The molecule has 1 fully saturated rings. The number of aliphatic carboxylic acids is 1. The molecule has 22 heavy (non-hydrogen) atoms. The van der Waals surface area contributed by atoms with Crippen molar-refractivity contribution in [3.8, 4) is 0 Å². The highest BCUT2D eigenvalue weighted by molar-refractivity contribution is 6.02. The van der Waals surface area contributed by atoms with Crippen molar-refractivity contribution in [3.63, 3.8) is 0 Å². The number of hydrogen-bond donors (Lipinski definition) is 1. The lowest BCUT2D eigenvalue weighted by Gasteiger charge is -2.34. The Morgan fingerprint density at radius 1 is 1.36 bits per heavy atom. The molecule has 0 unspecified atom stereocenters. The SMILES string of the molecule is Cc1ccccc1C1=NO[C@H](CC2(C(=O)O)CCOCC2)C1. The highest BCUT2D eigenvalue weighted by Gasteiger charge is 2.43. The van der Waals surface area contributed by atoms with Gasteiger partial charge in [-0.15, -0.1) is 0 Å². The van der Waals surface area contributed by atoms with Gasteiger partial charge in [0.15, 0.2) is 0 Å². The second kappa shape index (κ2) is 6.08. The quantitative estimate of drug-likeness (QED) is 0.928. The number of benzene rings is 1. The van der Waals surface area contributed by atoms with Crippen LogP contribution in [0, 0.1) is 12.3 Å². The minimum absolute atomic E-state index is 0.163. The Labute approximate surface area is 129 Å². The van der Waals surface area contributed by atoms with Crippen LogP contribution in [0.4, 0.5) is 0 Å². The van der Waals surface area contributed by atoms with E-state index in [0.29, 0.717) is 38.9 Å². The minimum atomic E-state index is -0.747. The molecule has 5 nitrogen and oxygen atoms in total. The van der Waals surface area contributed by atoms with E-state index in [1.54, 1.807) is 0 Å². The maximum atomic E-state index is 11.7. The molecular weight excluding hydrogens is 282 g/mol. The van der Waals surface area contributed by atoms with Crippen LogP contribution in [0.25, 0.3) is 0 Å². The zero-order valence-corrected chi connectivity index (χ0v) is 12.7. The van der Waals surface area contributed by atoms with Gasteiger partial charge in [-0.05, 0) is 25.3 Å². The van der Waals surface area contributed by atoms with E-state index >= 15 is 0 Å². The smallest absolute Gasteiger partial charge is 0.309 e. The molecule has 1 atom stereocenters. The predicted octanol–water partition coefficient (Wildman–Crippen LogP) is 2.76. The summed E-state index contributed by atoms with van der Waals surface area (Å²) in [7, 11) is 0. The molecule has 0 aliphatic carbocycles. The van der Waals surface area contributed by atoms with Crippen LogP contribution in [0.5, 0.6) is 0 Å². The van der Waals surface area contributed by atoms with E-state index in [4.69, 9.17) is 9.57 Å². The van der Waals surface area contributed by atoms with Crippen molar-refractivity contribution < 1.29 is 19.5 Å². The van der Waals surface area contributed by atoms with E-state index < -0.39 is 11.4 Å². The second-order valence-electron chi connectivity index (χ2n) is 6.19. The van der Waals surface area contributed by atoms with Crippen LogP contribution in [0.1, 0.15) is 36.8 Å². The number of carboxylic acids is 1. The number of aryl methyl sites for hydroxylation is 1. The monoisotopic (exact) mass is 303 g/mol. The van der Waals surface area contributed by atoms with Crippen molar-refractivity contribution in [1.29, 1.82) is 0 Å². The molecule has 3 rings (SSSR count). The fourth-order valence-corrected chi connectivity index (χ4v) is 3.30. The molecule has 5 heteroatoms. The zero-order valence-electron chi connectivity index (χ0n) is 12.7. The largest absolute Gasteiger partial charge is 0.481 e. The molecule has 0 spiro atoms. The Hall–Kier alpha value is -1.88. The van der Waals surface area contributed by atoms with Gasteiger partial charge in [-0.25, -0.2) is 0 Å². The predicted molar refractivity (Wildman–Crippen MR) is 81.9 cm³/mol. The van der Waals surface area contributed by atoms with Gasteiger partial charge < -0.3 is 14.7 Å². The van der Waals surface area contributed by atoms with Gasteiger partial charge in [-0.3, -0.25) is 4.79 Å². The first-order valence-corrected chi connectivity index (χ1v) is 7.71. The third-order valence-electron chi connectivity index (χ3n) is 4.71. The maximum Gasteiger partial charge on any atom is 0.309 e. The van der Waals surface area contributed by atoms with Crippen LogP contribution in [-0.4, -0.2) is 36.1 Å². The molecule has 2 heterocycles. The lowest BCUT2D eigenvalue weighted by atomic mass is 9.75. The molecule has 0 radical (unpaired) electrons. The standard InChI is InChI=1S/C17H21NO4/c1-12-4-2-3-5-14(12)15-10-13(22-18-15)11-17(16(19)20)6-8-21-9-7-17/h2-5,13H,6-11H2,1H3,(H,19,20)/t13-/m0/s1. The summed E-state index contributed by atoms with van der Waals surface area (Å²) < 4.78 is 5.31. The first-order valence-electron chi connectivity index (χ1n) is 7.71. The Balaban J connectivity index is 1.69. The summed E-state index contributed by atoms with van der Waals surface area (Å²) >= 11 is 0. The summed E-state index contributed by atoms with van der Waals surface area (Å²) in [6, 6.07) is 8.05. The van der Waals surface area contributed by atoms with Crippen molar-refractivity contribution in [1.82, 2.24) is 0 Å². The van der Waals surface area contributed by atoms with Crippen LogP contribution in [-0.2, 0) is 14.4 Å². The van der Waals surface area contributed by atoms with Gasteiger partial charge >= 0.3 is 5.97 Å². The summed E-state index contributed by atoms with van der Waals surface area (Å²) in [6.07, 6.45) is 2.08. The van der Waals surface area contributed by atoms with Crippen molar-refractivity contribution in [2.75, 3.05) is 13.2 Å². The molecule has 0 saturated carbocycles. The van der Waals surface area contributed by atoms with Crippen molar-refractivity contribution >= 4 is 11.7 Å². The van der Waals surface area contributed by atoms with Crippen molar-refractivity contribution in [2.24, 2.45) is 10.6 Å². The van der Waals surface area contributed by atoms with Crippen molar-refractivity contribution in [2.45, 2.75) is 38.7 Å². The summed E-state index contributed by atoms with van der Waals surface area (Å²) in [5.41, 5.74) is 2.42. The number of nitrogens with zero attached hydrogens (tertiary/aromatic N) is 1. The fraction of sp³-hybridized carbons (Fsp3) is 0.529. The first-order chi connectivity index (χ1) is 10.6. The van der Waals surface area contributed by atoms with Gasteiger partial charge in [0.2, 0.25) is 0 Å². The summed E-state index contributed by atoms with van der Waals surface area (Å²) in [5, 5.41) is 13.8. The van der Waals surface area contributed by atoms with Gasteiger partial charge in [-0.2, -0.15) is 0 Å². The molecular formula is C17H21NO4. The fourth-order valence-electron chi connectivity index (χ4n) is 3.30. The average Bonchev–Trinajstić information content (AvgIpc) is 2.96. The molecule has 1 N–H and O–H groups in total. The third-order valence-corrected chi connectivity index (χ3v) is 4.71. The molecule has 1 aromatic carbocycles. The lowest BCUT2D eigenvalue weighted by Crippen LogP contribution is -2.40. The van der Waals surface area contributed by atoms with Crippen LogP contribution < -0.4 is 0 Å². The second-order valence-corrected chi connectivity index (χ2v) is 6.19. The molecule has 118 valence electrons. The van der Waals surface area contributed by atoms with E-state index in [9.17, 15) is 9.90 Å². The maximum absolute atomic E-state index is 11.7. The molecule has 1 aromatic rings. The summed E-state index contributed by atoms with van der Waals surface area (Å²) in [4.78, 5) is 17.3. The highest BCUT2D eigenvalue weighted by atomic mass is 16.6. The Kier molecular flexibility index (Phi) is 4.16. The number of hydrogen-bond acceptors (Lipinski definition) is 4. The highest BCUT2D eigenvalue weighted by Crippen LogP contribution is 2.38. The summed E-state index contributed by atoms with van der Waals surface area (Å²) in [6.45, 7) is 3.05. The normalized spacial score (nSPS) is 23.7. The molecule has 2 aliphatic rings. The molecule has 2 aliphatic heterocycles. The van der Waals surface area contributed by atoms with Crippen LogP contribution in [0.2, 0.25) is 0 Å². The van der Waals surface area contributed by atoms with Gasteiger partial charge in [-0.1, -0.05) is 29.4 Å². The number of ether oxygens (including phenoxy) is 1. The lowest BCUT2D eigenvalue weighted by molar-refractivity contribution is -0.158. The number of rotatable bonds is 4. The van der Waals surface area contributed by atoms with Crippen LogP contribution in [0.3, 0.4) is 0 Å². The first kappa shape index (κ1) is 15.0.